The Morgan fingerprint density at radius 2 is 1.63 bits per heavy atom. The summed E-state index contributed by atoms with van der Waals surface area (Å²) in [6.45, 7) is 13.2. The van der Waals surface area contributed by atoms with Gasteiger partial charge in [0, 0.05) is 13.1 Å². The van der Waals surface area contributed by atoms with Gasteiger partial charge in [-0.05, 0) is 43.1 Å². The van der Waals surface area contributed by atoms with Gasteiger partial charge in [-0.3, -0.25) is 0 Å². The first kappa shape index (κ1) is 20.2. The highest BCUT2D eigenvalue weighted by Gasteiger charge is 2.03. The topological polar surface area (TPSA) is 97.6 Å². The number of hydrogen-bond donors (Lipinski definition) is 4. The number of hydrogen-bond acceptors (Lipinski definition) is 8. The van der Waals surface area contributed by atoms with Crippen LogP contribution >= 0.6 is 0 Å². The Morgan fingerprint density at radius 1 is 1.04 bits per heavy atom. The molecule has 2 rings (SSSR count). The Balaban J connectivity index is 2.01. The highest BCUT2D eigenvalue weighted by Crippen LogP contribution is 2.13. The Hall–Kier alpha value is -3.16. The smallest absolute Gasteiger partial charge is 0.212 e. The van der Waals surface area contributed by atoms with Crippen molar-refractivity contribution in [1.29, 1.82) is 0 Å². The van der Waals surface area contributed by atoms with Crippen molar-refractivity contribution in [3.63, 3.8) is 0 Å². The monoisotopic (exact) mass is 368 g/mol. The minimum Gasteiger partial charge on any atom is -0.353 e. The summed E-state index contributed by atoms with van der Waals surface area (Å²) >= 11 is 0. The second-order valence-electron chi connectivity index (χ2n) is 5.97. The van der Waals surface area contributed by atoms with Gasteiger partial charge >= 0.3 is 0 Å². The van der Waals surface area contributed by atoms with Crippen molar-refractivity contribution < 1.29 is 0 Å². The Labute approximate surface area is 160 Å². The Bertz CT molecular complexity index is 750. The molecule has 0 aromatic rings. The summed E-state index contributed by atoms with van der Waals surface area (Å²) in [5, 5.41) is 14.7. The van der Waals surface area contributed by atoms with Crippen LogP contribution in [0.1, 0.15) is 20.8 Å². The van der Waals surface area contributed by atoms with E-state index in [-0.39, 0.29) is 0 Å². The predicted octanol–water partition coefficient (Wildman–Crippen LogP) is 1.45. The first-order chi connectivity index (χ1) is 13.1. The minimum absolute atomic E-state index is 0.695. The fourth-order valence-corrected chi connectivity index (χ4v) is 2.48. The van der Waals surface area contributed by atoms with Gasteiger partial charge in [0.25, 0.3) is 0 Å². The SMILES string of the molecule is C=CC(/C=N/NC1=NCCN1)=C(C)/C=C(C)/C(/C=N/NC1=NCCN1)=C\C. The molecule has 0 saturated carbocycles. The van der Waals surface area contributed by atoms with E-state index in [1.807, 2.05) is 26.8 Å². The zero-order chi connectivity index (χ0) is 19.5. The van der Waals surface area contributed by atoms with E-state index in [2.05, 4.69) is 54.3 Å². The highest BCUT2D eigenvalue weighted by molar-refractivity contribution is 5.89. The van der Waals surface area contributed by atoms with Gasteiger partial charge < -0.3 is 10.6 Å². The maximum Gasteiger partial charge on any atom is 0.212 e. The van der Waals surface area contributed by atoms with Crippen molar-refractivity contribution >= 4 is 24.3 Å². The van der Waals surface area contributed by atoms with Crippen LogP contribution in [0.2, 0.25) is 0 Å². The van der Waals surface area contributed by atoms with E-state index in [1.54, 1.807) is 18.5 Å². The summed E-state index contributed by atoms with van der Waals surface area (Å²) in [6, 6.07) is 0. The molecule has 8 heteroatoms. The van der Waals surface area contributed by atoms with Gasteiger partial charge in [0.05, 0.1) is 25.5 Å². The van der Waals surface area contributed by atoms with E-state index in [0.29, 0.717) is 11.9 Å². The van der Waals surface area contributed by atoms with E-state index < -0.39 is 0 Å². The maximum atomic E-state index is 4.24. The highest BCUT2D eigenvalue weighted by atomic mass is 15.4. The number of nitrogens with zero attached hydrogens (tertiary/aromatic N) is 4. The summed E-state index contributed by atoms with van der Waals surface area (Å²) in [5.41, 5.74) is 9.88. The molecule has 0 spiro atoms. The maximum absolute atomic E-state index is 4.24. The normalized spacial score (nSPS) is 18.8. The molecule has 0 radical (unpaired) electrons. The third kappa shape index (κ3) is 6.58. The molecule has 0 unspecified atom stereocenters. The second-order valence-corrected chi connectivity index (χ2v) is 5.97. The molecule has 0 aromatic carbocycles. The van der Waals surface area contributed by atoms with Crippen molar-refractivity contribution in [3.05, 3.63) is 47.1 Å². The number of nitrogens with one attached hydrogen (secondary N) is 4. The molecular weight excluding hydrogens is 340 g/mol. The summed E-state index contributed by atoms with van der Waals surface area (Å²) in [6.07, 6.45) is 9.41. The molecule has 2 aliphatic heterocycles. The largest absolute Gasteiger partial charge is 0.353 e. The lowest BCUT2D eigenvalue weighted by atomic mass is 10.0. The Morgan fingerprint density at radius 3 is 2.11 bits per heavy atom. The van der Waals surface area contributed by atoms with Gasteiger partial charge in [-0.2, -0.15) is 10.2 Å². The molecule has 27 heavy (non-hydrogen) atoms. The molecule has 0 saturated heterocycles. The summed E-state index contributed by atoms with van der Waals surface area (Å²) in [5.74, 6) is 1.40. The summed E-state index contributed by atoms with van der Waals surface area (Å²) in [4.78, 5) is 8.47. The lowest BCUT2D eigenvalue weighted by Gasteiger charge is -2.05. The standard InChI is InChI=1S/C19H28N8/c1-5-16(12-24-26-18-20-7-8-21-18)14(3)11-15(4)17(6-2)13-25-27-19-22-9-10-23-19/h5-6,11-13H,1,7-10H2,2-4H3,(H2,20,21,26)(H2,22,23,27)/b15-11+,16-14-,17-6-,24-12+,25-13+. The lowest BCUT2D eigenvalue weighted by Crippen LogP contribution is -2.30. The summed E-state index contributed by atoms with van der Waals surface area (Å²) < 4.78 is 0. The second kappa shape index (κ2) is 10.7. The van der Waals surface area contributed by atoms with E-state index >= 15 is 0 Å². The summed E-state index contributed by atoms with van der Waals surface area (Å²) in [7, 11) is 0. The van der Waals surface area contributed by atoms with Crippen LogP contribution in [0.5, 0.6) is 0 Å². The van der Waals surface area contributed by atoms with Crippen LogP contribution in [0.4, 0.5) is 0 Å². The first-order valence-electron chi connectivity index (χ1n) is 8.97. The van der Waals surface area contributed by atoms with Gasteiger partial charge in [0.1, 0.15) is 0 Å². The van der Waals surface area contributed by atoms with Gasteiger partial charge in [-0.25, -0.2) is 20.8 Å². The predicted molar refractivity (Wildman–Crippen MR) is 114 cm³/mol. The van der Waals surface area contributed by atoms with Gasteiger partial charge in [0.15, 0.2) is 0 Å². The molecular formula is C19H28N8. The molecule has 144 valence electrons. The van der Waals surface area contributed by atoms with Crippen LogP contribution in [0.25, 0.3) is 0 Å². The molecule has 0 bridgehead atoms. The third-order valence-corrected chi connectivity index (χ3v) is 3.97. The van der Waals surface area contributed by atoms with Crippen LogP contribution in [0.3, 0.4) is 0 Å². The quantitative estimate of drug-likeness (QED) is 0.311. The van der Waals surface area contributed by atoms with Crippen molar-refractivity contribution in [2.24, 2.45) is 20.2 Å². The minimum atomic E-state index is 0.695. The third-order valence-electron chi connectivity index (χ3n) is 3.97. The van der Waals surface area contributed by atoms with Crippen molar-refractivity contribution in [3.8, 4) is 0 Å². The number of aliphatic imine (C=N–C) groups is 2. The van der Waals surface area contributed by atoms with Crippen LogP contribution in [0, 0.1) is 0 Å². The van der Waals surface area contributed by atoms with E-state index in [1.165, 1.54) is 0 Å². The molecule has 0 atom stereocenters. The van der Waals surface area contributed by atoms with E-state index in [9.17, 15) is 0 Å². The van der Waals surface area contributed by atoms with Crippen molar-refractivity contribution in [1.82, 2.24) is 21.5 Å². The molecule has 4 N–H and O–H groups in total. The molecule has 0 amide bonds. The molecule has 0 aromatic heterocycles. The van der Waals surface area contributed by atoms with Crippen LogP contribution in [-0.4, -0.2) is 50.5 Å². The zero-order valence-electron chi connectivity index (χ0n) is 16.2. The van der Waals surface area contributed by atoms with Crippen molar-refractivity contribution in [2.75, 3.05) is 26.2 Å². The van der Waals surface area contributed by atoms with Gasteiger partial charge in [-0.1, -0.05) is 24.8 Å². The van der Waals surface area contributed by atoms with E-state index in [4.69, 9.17) is 0 Å². The molecule has 2 aliphatic rings. The molecule has 0 aliphatic carbocycles. The van der Waals surface area contributed by atoms with Crippen LogP contribution in [-0.2, 0) is 0 Å². The first-order valence-corrected chi connectivity index (χ1v) is 8.97. The number of allylic oxidation sites excluding steroid dienone is 7. The average Bonchev–Trinajstić information content (AvgIpc) is 3.36. The average molecular weight is 368 g/mol. The number of rotatable bonds is 7. The fourth-order valence-electron chi connectivity index (χ4n) is 2.48. The lowest BCUT2D eigenvalue weighted by molar-refractivity contribution is 0.919. The van der Waals surface area contributed by atoms with Gasteiger partial charge in [-0.15, -0.1) is 0 Å². The fraction of sp³-hybridized carbons (Fsp3) is 0.368. The van der Waals surface area contributed by atoms with Gasteiger partial charge in [0.2, 0.25) is 11.9 Å². The zero-order valence-corrected chi connectivity index (χ0v) is 16.2. The van der Waals surface area contributed by atoms with E-state index in [0.717, 1.165) is 48.5 Å². The number of guanidine groups is 2. The Kier molecular flexibility index (Phi) is 8.02. The molecule has 2 heterocycles. The molecule has 8 nitrogen and oxygen atoms in total. The van der Waals surface area contributed by atoms with Crippen LogP contribution < -0.4 is 21.5 Å². The van der Waals surface area contributed by atoms with Crippen LogP contribution in [0.15, 0.2) is 67.3 Å². The number of hydrazone groups is 2. The van der Waals surface area contributed by atoms with Crippen molar-refractivity contribution in [2.45, 2.75) is 20.8 Å². The molecule has 0 fully saturated rings.